The monoisotopic (exact) mass is 386 g/mol. The second-order valence-corrected chi connectivity index (χ2v) is 5.44. The molecule has 9 nitrogen and oxygen atoms in total. The lowest BCUT2D eigenvalue weighted by Crippen LogP contribution is -2.22. The highest BCUT2D eigenvalue weighted by Gasteiger charge is 2.16. The second kappa shape index (κ2) is 9.72. The predicted molar refractivity (Wildman–Crippen MR) is 97.8 cm³/mol. The molecule has 0 fully saturated rings. The summed E-state index contributed by atoms with van der Waals surface area (Å²) in [5.74, 6) is -2.44. The number of methoxy groups -OCH3 is 1. The number of nitrogens with one attached hydrogen (secondary N) is 1. The SMILES string of the molecule is COC(=O)c1ccc(NC(=O)COC(=O)c2ccccc2OCC(N)=O)cc1. The zero-order valence-corrected chi connectivity index (χ0v) is 15.0. The van der Waals surface area contributed by atoms with Crippen LogP contribution in [0.15, 0.2) is 48.5 Å². The lowest BCUT2D eigenvalue weighted by molar-refractivity contribution is -0.120. The van der Waals surface area contributed by atoms with Gasteiger partial charge in [0.15, 0.2) is 13.2 Å². The number of anilines is 1. The third kappa shape index (κ3) is 5.84. The van der Waals surface area contributed by atoms with Gasteiger partial charge in [0.25, 0.3) is 11.8 Å². The van der Waals surface area contributed by atoms with Crippen molar-refractivity contribution < 1.29 is 33.4 Å². The molecule has 0 radical (unpaired) electrons. The van der Waals surface area contributed by atoms with Gasteiger partial charge in [0.05, 0.1) is 12.7 Å². The average molecular weight is 386 g/mol. The van der Waals surface area contributed by atoms with Crippen molar-refractivity contribution in [3.63, 3.8) is 0 Å². The Morgan fingerprint density at radius 2 is 1.61 bits per heavy atom. The molecule has 0 bridgehead atoms. The number of nitrogens with two attached hydrogens (primary N) is 1. The zero-order valence-electron chi connectivity index (χ0n) is 15.0. The fraction of sp³-hybridized carbons (Fsp3) is 0.158. The molecule has 0 unspecified atom stereocenters. The molecule has 2 rings (SSSR count). The molecule has 0 aliphatic carbocycles. The van der Waals surface area contributed by atoms with Crippen LogP contribution in [0.5, 0.6) is 5.75 Å². The number of esters is 2. The highest BCUT2D eigenvalue weighted by molar-refractivity contribution is 5.97. The molecule has 2 aromatic rings. The number of carbonyl (C=O) groups excluding carboxylic acids is 4. The van der Waals surface area contributed by atoms with Crippen molar-refractivity contribution in [2.45, 2.75) is 0 Å². The van der Waals surface area contributed by atoms with E-state index in [-0.39, 0.29) is 11.3 Å². The molecule has 28 heavy (non-hydrogen) atoms. The standard InChI is InChI=1S/C19H18N2O7/c1-26-18(24)12-6-8-13(9-7-12)21-17(23)11-28-19(25)14-4-2-3-5-15(14)27-10-16(20)22/h2-9H,10-11H2,1H3,(H2,20,22)(H,21,23). The summed E-state index contributed by atoms with van der Waals surface area (Å²) in [5.41, 5.74) is 5.82. The van der Waals surface area contributed by atoms with Gasteiger partial charge in [-0.05, 0) is 36.4 Å². The van der Waals surface area contributed by atoms with E-state index < -0.39 is 37.0 Å². The lowest BCUT2D eigenvalue weighted by atomic mass is 10.2. The lowest BCUT2D eigenvalue weighted by Gasteiger charge is -2.10. The first-order valence-corrected chi connectivity index (χ1v) is 8.06. The Labute approximate surface area is 160 Å². The van der Waals surface area contributed by atoms with Crippen LogP contribution in [0.4, 0.5) is 5.69 Å². The van der Waals surface area contributed by atoms with Crippen LogP contribution >= 0.6 is 0 Å². The summed E-state index contributed by atoms with van der Waals surface area (Å²) in [7, 11) is 1.27. The number of ether oxygens (including phenoxy) is 3. The largest absolute Gasteiger partial charge is 0.483 e. The van der Waals surface area contributed by atoms with E-state index in [1.807, 2.05) is 0 Å². The van der Waals surface area contributed by atoms with Crippen LogP contribution in [0.1, 0.15) is 20.7 Å². The molecule has 0 aliphatic heterocycles. The molecule has 0 atom stereocenters. The molecule has 0 aromatic heterocycles. The van der Waals surface area contributed by atoms with E-state index >= 15 is 0 Å². The average Bonchev–Trinajstić information content (AvgIpc) is 2.70. The van der Waals surface area contributed by atoms with Gasteiger partial charge in [-0.15, -0.1) is 0 Å². The van der Waals surface area contributed by atoms with Gasteiger partial charge in [0.1, 0.15) is 11.3 Å². The number of carbonyl (C=O) groups is 4. The molecule has 0 saturated carbocycles. The maximum atomic E-state index is 12.2. The van der Waals surface area contributed by atoms with Crippen LogP contribution < -0.4 is 15.8 Å². The minimum absolute atomic E-state index is 0.0546. The van der Waals surface area contributed by atoms with Crippen LogP contribution in [0.25, 0.3) is 0 Å². The first-order valence-electron chi connectivity index (χ1n) is 8.06. The fourth-order valence-electron chi connectivity index (χ4n) is 2.12. The smallest absolute Gasteiger partial charge is 0.342 e. The van der Waals surface area contributed by atoms with Gasteiger partial charge < -0.3 is 25.3 Å². The molecule has 0 heterocycles. The molecular weight excluding hydrogens is 368 g/mol. The van der Waals surface area contributed by atoms with Crippen molar-refractivity contribution in [3.8, 4) is 5.75 Å². The number of benzene rings is 2. The Hall–Kier alpha value is -3.88. The van der Waals surface area contributed by atoms with Crippen LogP contribution in [0.3, 0.4) is 0 Å². The van der Waals surface area contributed by atoms with Crippen molar-refractivity contribution >= 4 is 29.4 Å². The van der Waals surface area contributed by atoms with Gasteiger partial charge in [-0.2, -0.15) is 0 Å². The fourth-order valence-corrected chi connectivity index (χ4v) is 2.12. The summed E-state index contributed by atoms with van der Waals surface area (Å²) >= 11 is 0. The van der Waals surface area contributed by atoms with E-state index in [1.165, 1.54) is 43.5 Å². The molecule has 146 valence electrons. The van der Waals surface area contributed by atoms with Crippen molar-refractivity contribution in [1.82, 2.24) is 0 Å². The number of hydrogen-bond acceptors (Lipinski definition) is 7. The van der Waals surface area contributed by atoms with Crippen LogP contribution in [0.2, 0.25) is 0 Å². The van der Waals surface area contributed by atoms with Crippen LogP contribution in [-0.2, 0) is 19.1 Å². The molecular formula is C19H18N2O7. The third-order valence-electron chi connectivity index (χ3n) is 3.40. The molecule has 3 N–H and O–H groups in total. The van der Waals surface area contributed by atoms with Gasteiger partial charge in [-0.25, -0.2) is 9.59 Å². The van der Waals surface area contributed by atoms with Gasteiger partial charge in [-0.3, -0.25) is 9.59 Å². The summed E-state index contributed by atoms with van der Waals surface area (Å²) in [5, 5.41) is 2.53. The first kappa shape index (κ1) is 20.4. The maximum Gasteiger partial charge on any atom is 0.342 e. The topological polar surface area (TPSA) is 134 Å². The quantitative estimate of drug-likeness (QED) is 0.650. The summed E-state index contributed by atoms with van der Waals surface area (Å²) in [6.45, 7) is -0.936. The van der Waals surface area contributed by atoms with Crippen molar-refractivity contribution in [1.29, 1.82) is 0 Å². The summed E-state index contributed by atoms with van der Waals surface area (Å²) < 4.78 is 14.7. The van der Waals surface area contributed by atoms with E-state index in [9.17, 15) is 19.2 Å². The Balaban J connectivity index is 1.91. The van der Waals surface area contributed by atoms with Crippen molar-refractivity contribution in [3.05, 3.63) is 59.7 Å². The van der Waals surface area contributed by atoms with Crippen molar-refractivity contribution in [2.24, 2.45) is 5.73 Å². The van der Waals surface area contributed by atoms with Crippen molar-refractivity contribution in [2.75, 3.05) is 25.6 Å². The van der Waals surface area contributed by atoms with E-state index in [4.69, 9.17) is 15.2 Å². The van der Waals surface area contributed by atoms with Crippen LogP contribution in [-0.4, -0.2) is 44.1 Å². The number of hydrogen-bond donors (Lipinski definition) is 2. The van der Waals surface area contributed by atoms with Crippen LogP contribution in [0, 0.1) is 0 Å². The second-order valence-electron chi connectivity index (χ2n) is 5.44. The number of rotatable bonds is 8. The number of amides is 2. The van der Waals surface area contributed by atoms with E-state index in [0.717, 1.165) is 0 Å². The zero-order chi connectivity index (χ0) is 20.5. The third-order valence-corrected chi connectivity index (χ3v) is 3.40. The predicted octanol–water partition coefficient (Wildman–Crippen LogP) is 1.13. The summed E-state index contributed by atoms with van der Waals surface area (Å²) in [6, 6.07) is 12.1. The molecule has 0 spiro atoms. The number of primary amides is 1. The summed E-state index contributed by atoms with van der Waals surface area (Å²) in [6.07, 6.45) is 0. The minimum atomic E-state index is -0.795. The molecule has 2 amide bonds. The highest BCUT2D eigenvalue weighted by Crippen LogP contribution is 2.19. The maximum absolute atomic E-state index is 12.2. The highest BCUT2D eigenvalue weighted by atomic mass is 16.5. The minimum Gasteiger partial charge on any atom is -0.483 e. The normalized spacial score (nSPS) is 9.89. The van der Waals surface area contributed by atoms with Gasteiger partial charge in [0, 0.05) is 5.69 Å². The van der Waals surface area contributed by atoms with E-state index in [0.29, 0.717) is 11.3 Å². The van der Waals surface area contributed by atoms with Gasteiger partial charge in [0.2, 0.25) is 0 Å². The molecule has 0 aliphatic rings. The van der Waals surface area contributed by atoms with E-state index in [2.05, 4.69) is 10.1 Å². The Bertz CT molecular complexity index is 878. The van der Waals surface area contributed by atoms with Gasteiger partial charge >= 0.3 is 11.9 Å². The first-order chi connectivity index (χ1) is 13.4. The number of para-hydroxylation sites is 1. The Morgan fingerprint density at radius 3 is 2.25 bits per heavy atom. The molecule has 9 heteroatoms. The van der Waals surface area contributed by atoms with Gasteiger partial charge in [-0.1, -0.05) is 12.1 Å². The molecule has 2 aromatic carbocycles. The Morgan fingerprint density at radius 1 is 0.929 bits per heavy atom. The molecule has 0 saturated heterocycles. The Kier molecular flexibility index (Phi) is 7.09. The summed E-state index contributed by atoms with van der Waals surface area (Å²) in [4.78, 5) is 46.3. The van der Waals surface area contributed by atoms with E-state index in [1.54, 1.807) is 12.1 Å².